The fraction of sp³-hybridized carbons (Fsp3) is 0.333. The van der Waals surface area contributed by atoms with E-state index in [0.29, 0.717) is 39.0 Å². The van der Waals surface area contributed by atoms with E-state index in [2.05, 4.69) is 21.2 Å². The minimum absolute atomic E-state index is 0.00144. The summed E-state index contributed by atoms with van der Waals surface area (Å²) in [6, 6.07) is 16.6. The van der Waals surface area contributed by atoms with Crippen molar-refractivity contribution in [3.8, 4) is 5.75 Å². The number of carbonyl (C=O) groups excluding carboxylic acids is 2. The summed E-state index contributed by atoms with van der Waals surface area (Å²) in [5.41, 5.74) is 0.705. The Labute approximate surface area is 266 Å². The second-order valence-corrected chi connectivity index (χ2v) is 13.0. The van der Waals surface area contributed by atoms with Crippen LogP contribution in [0.3, 0.4) is 0 Å². The summed E-state index contributed by atoms with van der Waals surface area (Å²) in [5, 5.41) is 3.50. The van der Waals surface area contributed by atoms with E-state index in [4.69, 9.17) is 27.9 Å². The molecule has 2 amide bonds. The number of hydrogen-bond acceptors (Lipinski definition) is 5. The number of anilines is 1. The fourth-order valence-electron chi connectivity index (χ4n) is 4.11. The Bertz CT molecular complexity index is 1450. The number of rotatable bonds is 14. The number of nitrogens with zero attached hydrogens (tertiary/aromatic N) is 2. The Morgan fingerprint density at radius 2 is 1.60 bits per heavy atom. The topological polar surface area (TPSA) is 96.0 Å². The highest BCUT2D eigenvalue weighted by atomic mass is 79.9. The molecule has 0 aliphatic rings. The van der Waals surface area contributed by atoms with E-state index in [1.54, 1.807) is 61.5 Å². The van der Waals surface area contributed by atoms with Crippen molar-refractivity contribution in [3.05, 3.63) is 86.8 Å². The molecule has 0 saturated heterocycles. The fourth-order valence-corrected chi connectivity index (χ4v) is 6.31. The van der Waals surface area contributed by atoms with Gasteiger partial charge in [-0.1, -0.05) is 58.5 Å². The van der Waals surface area contributed by atoms with Crippen LogP contribution in [0.25, 0.3) is 0 Å². The van der Waals surface area contributed by atoms with Crippen molar-refractivity contribution in [2.24, 2.45) is 0 Å². The second-order valence-electron chi connectivity index (χ2n) is 9.43. The van der Waals surface area contributed by atoms with Crippen molar-refractivity contribution in [2.75, 3.05) is 24.0 Å². The van der Waals surface area contributed by atoms with Gasteiger partial charge in [-0.15, -0.1) is 0 Å². The monoisotopic (exact) mass is 697 g/mol. The van der Waals surface area contributed by atoms with Gasteiger partial charge in [0.25, 0.3) is 10.0 Å². The van der Waals surface area contributed by atoms with E-state index in [9.17, 15) is 18.0 Å². The number of unbranched alkanes of at least 4 members (excludes halogenated alkanes) is 1. The number of sulfonamides is 1. The molecule has 1 N–H and O–H groups in total. The highest BCUT2D eigenvalue weighted by Crippen LogP contribution is 2.29. The number of ether oxygens (including phenoxy) is 1. The SMILES string of the molecule is CCCCNC(=O)C(C)N(Cc1c(Cl)cccc1Cl)C(=O)CN(c1ccc(OCC)cc1)S(=O)(=O)c1ccc(Br)cc1. The average Bonchev–Trinajstić information content (AvgIpc) is 2.96. The van der Waals surface area contributed by atoms with Gasteiger partial charge in [-0.25, -0.2) is 8.42 Å². The van der Waals surface area contributed by atoms with Crippen molar-refractivity contribution in [3.63, 3.8) is 0 Å². The molecule has 0 aliphatic heterocycles. The van der Waals surface area contributed by atoms with Gasteiger partial charge in [0.1, 0.15) is 18.3 Å². The zero-order valence-electron chi connectivity index (χ0n) is 23.6. The van der Waals surface area contributed by atoms with E-state index in [1.807, 2.05) is 13.8 Å². The van der Waals surface area contributed by atoms with Crippen LogP contribution < -0.4 is 14.4 Å². The first kappa shape index (κ1) is 33.7. The molecule has 1 atom stereocenters. The summed E-state index contributed by atoms with van der Waals surface area (Å²) in [4.78, 5) is 28.5. The summed E-state index contributed by atoms with van der Waals surface area (Å²) in [6.45, 7) is 5.65. The van der Waals surface area contributed by atoms with Gasteiger partial charge in [-0.3, -0.25) is 13.9 Å². The van der Waals surface area contributed by atoms with Gasteiger partial charge < -0.3 is 15.0 Å². The highest BCUT2D eigenvalue weighted by molar-refractivity contribution is 9.10. The van der Waals surface area contributed by atoms with Crippen LogP contribution >= 0.6 is 39.1 Å². The van der Waals surface area contributed by atoms with Crippen LogP contribution in [-0.2, 0) is 26.2 Å². The Hall–Kier alpha value is -2.79. The zero-order valence-corrected chi connectivity index (χ0v) is 27.6. The van der Waals surface area contributed by atoms with Gasteiger partial charge in [-0.05, 0) is 80.9 Å². The molecule has 226 valence electrons. The Morgan fingerprint density at radius 1 is 0.976 bits per heavy atom. The minimum Gasteiger partial charge on any atom is -0.494 e. The number of benzene rings is 3. The van der Waals surface area contributed by atoms with Gasteiger partial charge in [-0.2, -0.15) is 0 Å². The minimum atomic E-state index is -4.21. The predicted octanol–water partition coefficient (Wildman–Crippen LogP) is 6.68. The van der Waals surface area contributed by atoms with Crippen LogP contribution in [0, 0.1) is 0 Å². The average molecular weight is 699 g/mol. The molecule has 3 aromatic rings. The Balaban J connectivity index is 2.04. The van der Waals surface area contributed by atoms with Crippen molar-refractivity contribution in [2.45, 2.75) is 51.1 Å². The summed E-state index contributed by atoms with van der Waals surface area (Å²) in [5.74, 6) is -0.428. The molecule has 3 aromatic carbocycles. The summed E-state index contributed by atoms with van der Waals surface area (Å²) >= 11 is 16.2. The van der Waals surface area contributed by atoms with Crippen molar-refractivity contribution >= 4 is 66.7 Å². The molecular weight excluding hydrogens is 665 g/mol. The first-order chi connectivity index (χ1) is 20.0. The lowest BCUT2D eigenvalue weighted by Gasteiger charge is -2.32. The van der Waals surface area contributed by atoms with E-state index >= 15 is 0 Å². The van der Waals surface area contributed by atoms with Gasteiger partial charge in [0.2, 0.25) is 11.8 Å². The number of halogens is 3. The van der Waals surface area contributed by atoms with Gasteiger partial charge in [0, 0.05) is 33.2 Å². The van der Waals surface area contributed by atoms with Crippen LogP contribution in [0.1, 0.15) is 39.2 Å². The first-order valence-corrected chi connectivity index (χ1v) is 16.5. The normalized spacial score (nSPS) is 12.0. The van der Waals surface area contributed by atoms with Crippen LogP contribution in [0.4, 0.5) is 5.69 Å². The van der Waals surface area contributed by atoms with E-state index in [-0.39, 0.29) is 23.0 Å². The standard InChI is InChI=1S/C30H34BrCl2N3O5S/c1-4-6-18-34-30(38)21(3)35(19-26-27(32)8-7-9-28(26)33)29(37)20-36(23-12-14-24(15-13-23)41-5-2)42(39,40)25-16-10-22(31)11-17-25/h7-17,21H,4-6,18-20H2,1-3H3,(H,34,38). The lowest BCUT2D eigenvalue weighted by atomic mass is 10.1. The molecule has 0 heterocycles. The third-order valence-corrected chi connectivity index (χ3v) is 9.53. The summed E-state index contributed by atoms with van der Waals surface area (Å²) < 4.78 is 35.1. The van der Waals surface area contributed by atoms with E-state index in [1.165, 1.54) is 17.0 Å². The lowest BCUT2D eigenvalue weighted by molar-refractivity contribution is -0.139. The molecule has 12 heteroatoms. The molecule has 0 aromatic heterocycles. The molecule has 0 radical (unpaired) electrons. The maximum atomic E-state index is 14.1. The molecule has 0 fully saturated rings. The molecule has 3 rings (SSSR count). The number of hydrogen-bond donors (Lipinski definition) is 1. The van der Waals surface area contributed by atoms with Crippen molar-refractivity contribution < 1.29 is 22.7 Å². The number of nitrogens with one attached hydrogen (secondary N) is 1. The molecule has 0 spiro atoms. The molecule has 1 unspecified atom stereocenters. The van der Waals surface area contributed by atoms with Gasteiger partial charge >= 0.3 is 0 Å². The Morgan fingerprint density at radius 3 is 2.17 bits per heavy atom. The van der Waals surface area contributed by atoms with Crippen molar-refractivity contribution in [1.82, 2.24) is 10.2 Å². The van der Waals surface area contributed by atoms with Crippen LogP contribution in [0.5, 0.6) is 5.75 Å². The van der Waals surface area contributed by atoms with Crippen LogP contribution in [0.15, 0.2) is 76.1 Å². The maximum Gasteiger partial charge on any atom is 0.264 e. The Kier molecular flexibility index (Phi) is 12.5. The smallest absolute Gasteiger partial charge is 0.264 e. The third-order valence-electron chi connectivity index (χ3n) is 6.50. The lowest BCUT2D eigenvalue weighted by Crippen LogP contribution is -2.51. The molecule has 0 aliphatic carbocycles. The molecular formula is C30H34BrCl2N3O5S. The third kappa shape index (κ3) is 8.63. The molecule has 8 nitrogen and oxygen atoms in total. The predicted molar refractivity (Wildman–Crippen MR) is 171 cm³/mol. The van der Waals surface area contributed by atoms with E-state index in [0.717, 1.165) is 17.1 Å². The van der Waals surface area contributed by atoms with Gasteiger partial charge in [0.15, 0.2) is 0 Å². The largest absolute Gasteiger partial charge is 0.494 e. The van der Waals surface area contributed by atoms with E-state index < -0.39 is 28.5 Å². The molecule has 42 heavy (non-hydrogen) atoms. The van der Waals surface area contributed by atoms with Crippen LogP contribution in [-0.4, -0.2) is 50.9 Å². The quantitative estimate of drug-likeness (QED) is 0.190. The second kappa shape index (κ2) is 15.6. The van der Waals surface area contributed by atoms with Crippen LogP contribution in [0.2, 0.25) is 10.0 Å². The zero-order chi connectivity index (χ0) is 30.9. The van der Waals surface area contributed by atoms with Gasteiger partial charge in [0.05, 0.1) is 17.2 Å². The van der Waals surface area contributed by atoms with Crippen molar-refractivity contribution in [1.29, 1.82) is 0 Å². The maximum absolute atomic E-state index is 14.1. The highest BCUT2D eigenvalue weighted by Gasteiger charge is 2.33. The number of amides is 2. The number of carbonyl (C=O) groups is 2. The summed E-state index contributed by atoms with van der Waals surface area (Å²) in [6.07, 6.45) is 1.66. The molecule has 0 bridgehead atoms. The molecule has 0 saturated carbocycles. The summed E-state index contributed by atoms with van der Waals surface area (Å²) in [7, 11) is -4.21. The first-order valence-electron chi connectivity index (χ1n) is 13.5.